The molecule has 9 heteroatoms. The summed E-state index contributed by atoms with van der Waals surface area (Å²) in [5.74, 6) is 0. The molecule has 0 aromatic heterocycles. The monoisotopic (exact) mass is 346 g/mol. The van der Waals surface area contributed by atoms with Crippen molar-refractivity contribution in [3.63, 3.8) is 0 Å². The van der Waals surface area contributed by atoms with E-state index in [0.29, 0.717) is 26.0 Å². The zero-order valence-corrected chi connectivity index (χ0v) is 12.9. The lowest BCUT2D eigenvalue weighted by Gasteiger charge is -1.99. The second kappa shape index (κ2) is 8.66. The van der Waals surface area contributed by atoms with Crippen molar-refractivity contribution in [3.8, 4) is 0 Å². The predicted molar refractivity (Wildman–Crippen MR) is 87.6 cm³/mol. The molecule has 0 radical (unpaired) electrons. The van der Waals surface area contributed by atoms with E-state index in [1.807, 2.05) is 0 Å². The smallest absolute Gasteiger partial charge is 0.423 e. The van der Waals surface area contributed by atoms with E-state index in [-0.39, 0.29) is 0 Å². The lowest BCUT2D eigenvalue weighted by Crippen LogP contribution is -2.30. The number of hydrogen-bond donors (Lipinski definition) is 4. The van der Waals surface area contributed by atoms with Gasteiger partial charge >= 0.3 is 14.2 Å². The van der Waals surface area contributed by atoms with E-state index in [0.717, 1.165) is 0 Å². The molecule has 0 bridgehead atoms. The lowest BCUT2D eigenvalue weighted by atomic mass is 9.80. The Morgan fingerprint density at radius 1 is 0.714 bits per heavy atom. The summed E-state index contributed by atoms with van der Waals surface area (Å²) in [5, 5.41) is 35.9. The van der Waals surface area contributed by atoms with Crippen LogP contribution in [0.3, 0.4) is 0 Å². The van der Waals surface area contributed by atoms with E-state index in [9.17, 15) is 0 Å². The van der Waals surface area contributed by atoms with Crippen molar-refractivity contribution in [2.24, 2.45) is 0 Å². The molecule has 0 heterocycles. The van der Waals surface area contributed by atoms with Crippen molar-refractivity contribution in [3.05, 3.63) is 57.5 Å². The molecule has 0 spiro atoms. The molecular formula is C12H11B2Cl3O4. The van der Waals surface area contributed by atoms with Gasteiger partial charge in [-0.05, 0) is 29.7 Å². The zero-order valence-electron chi connectivity index (χ0n) is 10.6. The Morgan fingerprint density at radius 2 is 1.24 bits per heavy atom. The van der Waals surface area contributed by atoms with Crippen molar-refractivity contribution >= 4 is 60.0 Å². The van der Waals surface area contributed by atoms with Crippen LogP contribution in [0.5, 0.6) is 0 Å². The Labute approximate surface area is 137 Å². The largest absolute Gasteiger partial charge is 0.489 e. The van der Waals surface area contributed by atoms with Crippen molar-refractivity contribution in [1.82, 2.24) is 0 Å². The first-order valence-corrected chi connectivity index (χ1v) is 6.87. The quantitative estimate of drug-likeness (QED) is 0.603. The molecule has 0 atom stereocenters. The van der Waals surface area contributed by atoms with Crippen LogP contribution in [0, 0.1) is 0 Å². The van der Waals surface area contributed by atoms with Gasteiger partial charge in [-0.2, -0.15) is 0 Å². The van der Waals surface area contributed by atoms with E-state index in [1.165, 1.54) is 18.2 Å². The molecule has 0 unspecified atom stereocenters. The molecule has 0 aliphatic carbocycles. The zero-order chi connectivity index (χ0) is 16.0. The fraction of sp³-hybridized carbons (Fsp3) is 0. The highest BCUT2D eigenvalue weighted by Crippen LogP contribution is 2.13. The first-order valence-electron chi connectivity index (χ1n) is 5.74. The molecule has 2 aromatic carbocycles. The average Bonchev–Trinajstić information content (AvgIpc) is 2.38. The van der Waals surface area contributed by atoms with Crippen molar-refractivity contribution in [2.45, 2.75) is 0 Å². The molecule has 21 heavy (non-hydrogen) atoms. The van der Waals surface area contributed by atoms with Crippen molar-refractivity contribution < 1.29 is 20.1 Å². The van der Waals surface area contributed by atoms with Gasteiger partial charge in [0, 0.05) is 20.5 Å². The van der Waals surface area contributed by atoms with Crippen LogP contribution in [-0.2, 0) is 0 Å². The molecular weight excluding hydrogens is 336 g/mol. The summed E-state index contributed by atoms with van der Waals surface area (Å²) in [6, 6.07) is 11.0. The van der Waals surface area contributed by atoms with Crippen molar-refractivity contribution in [2.75, 3.05) is 0 Å². The van der Waals surface area contributed by atoms with Crippen molar-refractivity contribution in [1.29, 1.82) is 0 Å². The maximum atomic E-state index is 8.71. The third-order valence-corrected chi connectivity index (χ3v) is 3.15. The number of rotatable bonds is 2. The second-order valence-corrected chi connectivity index (χ2v) is 5.25. The minimum atomic E-state index is -1.52. The van der Waals surface area contributed by atoms with Gasteiger partial charge in [-0.15, -0.1) is 0 Å². The highest BCUT2D eigenvalue weighted by Gasteiger charge is 2.13. The number of hydrogen-bond acceptors (Lipinski definition) is 4. The van der Waals surface area contributed by atoms with Gasteiger partial charge in [0.1, 0.15) is 0 Å². The van der Waals surface area contributed by atoms with E-state index in [2.05, 4.69) is 0 Å². The fourth-order valence-corrected chi connectivity index (χ4v) is 2.18. The Bertz CT molecular complexity index is 576. The van der Waals surface area contributed by atoms with E-state index in [4.69, 9.17) is 54.9 Å². The van der Waals surface area contributed by atoms with Crippen LogP contribution in [-0.4, -0.2) is 34.3 Å². The SMILES string of the molecule is OB(O)c1cc(Cl)cc(Cl)c1.OB(O)c1ccccc1Cl. The van der Waals surface area contributed by atoms with E-state index in [1.54, 1.807) is 24.3 Å². The van der Waals surface area contributed by atoms with Crippen LogP contribution in [0.1, 0.15) is 0 Å². The lowest BCUT2D eigenvalue weighted by molar-refractivity contribution is 0.424. The first-order chi connectivity index (χ1) is 9.81. The minimum Gasteiger partial charge on any atom is -0.423 e. The fourth-order valence-electron chi connectivity index (χ4n) is 1.41. The Kier molecular flexibility index (Phi) is 7.56. The highest BCUT2D eigenvalue weighted by atomic mass is 35.5. The van der Waals surface area contributed by atoms with Gasteiger partial charge in [0.25, 0.3) is 0 Å². The van der Waals surface area contributed by atoms with Gasteiger partial charge in [-0.3, -0.25) is 0 Å². The van der Waals surface area contributed by atoms with Crippen LogP contribution in [0.4, 0.5) is 0 Å². The van der Waals surface area contributed by atoms with Crippen LogP contribution in [0.25, 0.3) is 0 Å². The van der Waals surface area contributed by atoms with Crippen LogP contribution in [0.2, 0.25) is 15.1 Å². The maximum absolute atomic E-state index is 8.71. The van der Waals surface area contributed by atoms with Crippen LogP contribution < -0.4 is 10.9 Å². The van der Waals surface area contributed by atoms with E-state index >= 15 is 0 Å². The summed E-state index contributed by atoms with van der Waals surface area (Å²) in [4.78, 5) is 0. The molecule has 4 nitrogen and oxygen atoms in total. The third kappa shape index (κ3) is 6.28. The van der Waals surface area contributed by atoms with Crippen LogP contribution >= 0.6 is 34.8 Å². The Balaban J connectivity index is 0.000000211. The molecule has 0 aliphatic rings. The predicted octanol–water partition coefficient (Wildman–Crippen LogP) is 0.693. The molecule has 0 amide bonds. The van der Waals surface area contributed by atoms with Gasteiger partial charge in [-0.25, -0.2) is 0 Å². The third-order valence-electron chi connectivity index (χ3n) is 2.37. The normalized spacial score (nSPS) is 9.67. The standard InChI is InChI=1S/C6H5BCl2O2.C6H6BClO2/c8-5-1-4(7(10)11)2-6(9)3-5;8-6-4-2-1-3-5(6)7(9)10/h1-3,10-11H;1-4,9-10H. The molecule has 0 saturated carbocycles. The molecule has 2 aromatic rings. The Morgan fingerprint density at radius 3 is 1.62 bits per heavy atom. The molecule has 4 N–H and O–H groups in total. The van der Waals surface area contributed by atoms with Gasteiger partial charge in [0.15, 0.2) is 0 Å². The van der Waals surface area contributed by atoms with Crippen LogP contribution in [0.15, 0.2) is 42.5 Å². The summed E-state index contributed by atoms with van der Waals surface area (Å²) in [6.07, 6.45) is 0. The van der Waals surface area contributed by atoms with Gasteiger partial charge in [-0.1, -0.05) is 53.0 Å². The summed E-state index contributed by atoms with van der Waals surface area (Å²) in [6.45, 7) is 0. The molecule has 110 valence electrons. The number of benzene rings is 2. The summed E-state index contributed by atoms with van der Waals surface area (Å²) in [5.41, 5.74) is 0.631. The molecule has 0 aliphatic heterocycles. The molecule has 2 rings (SSSR count). The highest BCUT2D eigenvalue weighted by molar-refractivity contribution is 6.62. The minimum absolute atomic E-state index is 0.294. The first kappa shape index (κ1) is 18.3. The van der Waals surface area contributed by atoms with E-state index < -0.39 is 14.2 Å². The Hall–Kier alpha value is -0.720. The molecule has 0 saturated heterocycles. The summed E-state index contributed by atoms with van der Waals surface area (Å²) >= 11 is 16.8. The summed E-state index contributed by atoms with van der Waals surface area (Å²) < 4.78 is 0. The van der Waals surface area contributed by atoms with Gasteiger partial charge in [0.2, 0.25) is 0 Å². The maximum Gasteiger partial charge on any atom is 0.489 e. The summed E-state index contributed by atoms with van der Waals surface area (Å²) in [7, 11) is -3.00. The average molecular weight is 347 g/mol. The molecule has 0 fully saturated rings. The number of halogens is 3. The topological polar surface area (TPSA) is 80.9 Å². The second-order valence-electron chi connectivity index (χ2n) is 3.97. The van der Waals surface area contributed by atoms with Gasteiger partial charge in [0.05, 0.1) is 0 Å². The van der Waals surface area contributed by atoms with Gasteiger partial charge < -0.3 is 20.1 Å².